The van der Waals surface area contributed by atoms with Crippen molar-refractivity contribution in [2.24, 2.45) is 0 Å². The van der Waals surface area contributed by atoms with Crippen LogP contribution in [0.1, 0.15) is 25.0 Å². The minimum Gasteiger partial charge on any atom is -0.387 e. The van der Waals surface area contributed by atoms with E-state index in [4.69, 9.17) is 0 Å². The van der Waals surface area contributed by atoms with Crippen LogP contribution in [0.2, 0.25) is 0 Å². The maximum Gasteiger partial charge on any atom is 0.0925 e. The predicted octanol–water partition coefficient (Wildman–Crippen LogP) is 1.88. The number of hydrogen-bond donors (Lipinski definition) is 1. The molecule has 1 N–H and O–H groups in total. The van der Waals surface area contributed by atoms with E-state index < -0.39 is 0 Å². The fourth-order valence-electron chi connectivity index (χ4n) is 1.63. The molecule has 2 atom stereocenters. The first kappa shape index (κ1) is 9.19. The first-order chi connectivity index (χ1) is 6.27. The maximum atomic E-state index is 9.83. The zero-order chi connectivity index (χ0) is 9.26. The molecule has 1 fully saturated rings. The van der Waals surface area contributed by atoms with Crippen molar-refractivity contribution >= 4 is 11.3 Å². The highest BCUT2D eigenvalue weighted by Gasteiger charge is 2.25. The van der Waals surface area contributed by atoms with Gasteiger partial charge >= 0.3 is 0 Å². The molecule has 72 valence electrons. The molecule has 0 amide bonds. The zero-order valence-electron chi connectivity index (χ0n) is 7.81. The van der Waals surface area contributed by atoms with Gasteiger partial charge in [-0.05, 0) is 35.7 Å². The van der Waals surface area contributed by atoms with Crippen LogP contribution < -0.4 is 0 Å². The summed E-state index contributed by atoms with van der Waals surface area (Å²) in [6.07, 6.45) is 0.977. The summed E-state index contributed by atoms with van der Waals surface area (Å²) >= 11 is 1.64. The standard InChI is InChI=1S/C10H15NOS/c1-8-2-4-11(8)6-10(12)9-3-5-13-7-9/h3,5,7-8,10,12H,2,4,6H2,1H3. The van der Waals surface area contributed by atoms with Crippen LogP contribution in [0.3, 0.4) is 0 Å². The number of rotatable bonds is 3. The summed E-state index contributed by atoms with van der Waals surface area (Å²) in [6, 6.07) is 2.66. The molecular weight excluding hydrogens is 182 g/mol. The van der Waals surface area contributed by atoms with E-state index in [-0.39, 0.29) is 6.10 Å². The molecule has 0 aliphatic carbocycles. The van der Waals surface area contributed by atoms with Crippen LogP contribution in [0.5, 0.6) is 0 Å². The van der Waals surface area contributed by atoms with Gasteiger partial charge in [0, 0.05) is 19.1 Å². The molecule has 2 nitrogen and oxygen atoms in total. The van der Waals surface area contributed by atoms with E-state index >= 15 is 0 Å². The van der Waals surface area contributed by atoms with E-state index in [9.17, 15) is 5.11 Å². The van der Waals surface area contributed by atoms with Crippen molar-refractivity contribution in [2.45, 2.75) is 25.5 Å². The lowest BCUT2D eigenvalue weighted by atomic mass is 10.0. The van der Waals surface area contributed by atoms with Gasteiger partial charge in [0.15, 0.2) is 0 Å². The largest absolute Gasteiger partial charge is 0.387 e. The van der Waals surface area contributed by atoms with Crippen LogP contribution in [0.4, 0.5) is 0 Å². The smallest absolute Gasteiger partial charge is 0.0925 e. The molecule has 1 aromatic heterocycles. The SMILES string of the molecule is CC1CCN1CC(O)c1ccsc1. The van der Waals surface area contributed by atoms with Crippen molar-refractivity contribution in [1.29, 1.82) is 0 Å². The van der Waals surface area contributed by atoms with E-state index in [1.807, 2.05) is 16.8 Å². The summed E-state index contributed by atoms with van der Waals surface area (Å²) in [5.74, 6) is 0. The lowest BCUT2D eigenvalue weighted by Gasteiger charge is -2.39. The molecule has 13 heavy (non-hydrogen) atoms. The van der Waals surface area contributed by atoms with Crippen molar-refractivity contribution in [3.63, 3.8) is 0 Å². The third-order valence-electron chi connectivity index (χ3n) is 2.79. The molecule has 1 aromatic rings. The van der Waals surface area contributed by atoms with Gasteiger partial charge < -0.3 is 5.11 Å². The Morgan fingerprint density at radius 2 is 2.62 bits per heavy atom. The summed E-state index contributed by atoms with van der Waals surface area (Å²) in [5.41, 5.74) is 1.06. The fourth-order valence-corrected chi connectivity index (χ4v) is 2.34. The van der Waals surface area contributed by atoms with Crippen molar-refractivity contribution in [2.75, 3.05) is 13.1 Å². The molecule has 0 spiro atoms. The van der Waals surface area contributed by atoms with Crippen LogP contribution in [0, 0.1) is 0 Å². The Morgan fingerprint density at radius 1 is 1.77 bits per heavy atom. The zero-order valence-corrected chi connectivity index (χ0v) is 8.63. The number of aliphatic hydroxyl groups excluding tert-OH is 1. The maximum absolute atomic E-state index is 9.83. The molecule has 0 radical (unpaired) electrons. The van der Waals surface area contributed by atoms with Gasteiger partial charge in [0.25, 0.3) is 0 Å². The van der Waals surface area contributed by atoms with Crippen LogP contribution in [0.15, 0.2) is 16.8 Å². The van der Waals surface area contributed by atoms with Crippen LogP contribution in [0.25, 0.3) is 0 Å². The minimum absolute atomic E-state index is 0.297. The van der Waals surface area contributed by atoms with Crippen LogP contribution in [-0.2, 0) is 0 Å². The summed E-state index contributed by atoms with van der Waals surface area (Å²) < 4.78 is 0. The number of thiophene rings is 1. The Kier molecular flexibility index (Phi) is 2.67. The summed E-state index contributed by atoms with van der Waals surface area (Å²) in [4.78, 5) is 2.32. The molecule has 0 bridgehead atoms. The molecule has 0 saturated carbocycles. The van der Waals surface area contributed by atoms with Gasteiger partial charge in [0.05, 0.1) is 6.10 Å². The Balaban J connectivity index is 1.88. The second-order valence-electron chi connectivity index (χ2n) is 3.71. The van der Waals surface area contributed by atoms with Gasteiger partial charge in [0.2, 0.25) is 0 Å². The predicted molar refractivity (Wildman–Crippen MR) is 54.9 cm³/mol. The lowest BCUT2D eigenvalue weighted by Crippen LogP contribution is -2.47. The third-order valence-corrected chi connectivity index (χ3v) is 3.49. The second-order valence-corrected chi connectivity index (χ2v) is 4.49. The summed E-state index contributed by atoms with van der Waals surface area (Å²) in [6.45, 7) is 4.14. The number of β-amino-alcohol motifs (C(OH)–C–C–N with tert-alkyl or cyclic N) is 1. The molecule has 1 aliphatic heterocycles. The Labute approximate surface area is 82.8 Å². The molecule has 0 aromatic carbocycles. The molecule has 1 saturated heterocycles. The van der Waals surface area contributed by atoms with Gasteiger partial charge in [-0.3, -0.25) is 4.90 Å². The van der Waals surface area contributed by atoms with Gasteiger partial charge in [-0.2, -0.15) is 11.3 Å². The van der Waals surface area contributed by atoms with Crippen LogP contribution in [-0.4, -0.2) is 29.1 Å². The van der Waals surface area contributed by atoms with Gasteiger partial charge in [0.1, 0.15) is 0 Å². The monoisotopic (exact) mass is 197 g/mol. The number of likely N-dealkylation sites (tertiary alicyclic amines) is 1. The Hall–Kier alpha value is -0.380. The van der Waals surface area contributed by atoms with E-state index in [1.54, 1.807) is 11.3 Å². The summed E-state index contributed by atoms with van der Waals surface area (Å²) in [5, 5.41) is 13.9. The second kappa shape index (κ2) is 3.78. The molecule has 2 heterocycles. The van der Waals surface area contributed by atoms with E-state index in [2.05, 4.69) is 11.8 Å². The Bertz CT molecular complexity index is 260. The molecule has 1 aliphatic rings. The van der Waals surface area contributed by atoms with Gasteiger partial charge in [-0.25, -0.2) is 0 Å². The lowest BCUT2D eigenvalue weighted by molar-refractivity contribution is 0.0392. The minimum atomic E-state index is -0.297. The molecule has 3 heteroatoms. The van der Waals surface area contributed by atoms with Gasteiger partial charge in [-0.15, -0.1) is 0 Å². The fraction of sp³-hybridized carbons (Fsp3) is 0.600. The number of nitrogens with zero attached hydrogens (tertiary/aromatic N) is 1. The van der Waals surface area contributed by atoms with Gasteiger partial charge in [-0.1, -0.05) is 0 Å². The highest BCUT2D eigenvalue weighted by molar-refractivity contribution is 7.07. The van der Waals surface area contributed by atoms with Crippen molar-refractivity contribution < 1.29 is 5.11 Å². The van der Waals surface area contributed by atoms with Crippen molar-refractivity contribution in [1.82, 2.24) is 4.90 Å². The number of hydrogen-bond acceptors (Lipinski definition) is 3. The highest BCUT2D eigenvalue weighted by Crippen LogP contribution is 2.23. The topological polar surface area (TPSA) is 23.5 Å². The molecule has 2 unspecified atom stereocenters. The van der Waals surface area contributed by atoms with E-state index in [0.717, 1.165) is 18.7 Å². The van der Waals surface area contributed by atoms with Crippen LogP contribution >= 0.6 is 11.3 Å². The molecular formula is C10H15NOS. The Morgan fingerprint density at radius 3 is 3.08 bits per heavy atom. The quantitative estimate of drug-likeness (QED) is 0.799. The first-order valence-electron chi connectivity index (χ1n) is 4.71. The summed E-state index contributed by atoms with van der Waals surface area (Å²) in [7, 11) is 0. The van der Waals surface area contributed by atoms with Crippen molar-refractivity contribution in [3.8, 4) is 0 Å². The average Bonchev–Trinajstić information content (AvgIpc) is 2.64. The average molecular weight is 197 g/mol. The van der Waals surface area contributed by atoms with Crippen molar-refractivity contribution in [3.05, 3.63) is 22.4 Å². The van der Waals surface area contributed by atoms with E-state index in [0.29, 0.717) is 6.04 Å². The first-order valence-corrected chi connectivity index (χ1v) is 5.66. The normalized spacial score (nSPS) is 25.5. The number of aliphatic hydroxyl groups is 1. The van der Waals surface area contributed by atoms with E-state index in [1.165, 1.54) is 6.42 Å². The third kappa shape index (κ3) is 1.93. The highest BCUT2D eigenvalue weighted by atomic mass is 32.1. The molecule has 2 rings (SSSR count).